The van der Waals surface area contributed by atoms with Crippen molar-refractivity contribution >= 4 is 0 Å². The quantitative estimate of drug-likeness (QED) is 0.565. The standard InChI is InChI=1S/C9H16O2/c1-7(4-9-6-11-9)2-3-8-5-10-8/h7-9H,2-6H2,1H3. The molecule has 64 valence electrons. The van der Waals surface area contributed by atoms with Gasteiger partial charge < -0.3 is 9.47 Å². The maximum absolute atomic E-state index is 5.17. The van der Waals surface area contributed by atoms with Gasteiger partial charge in [-0.25, -0.2) is 0 Å². The van der Waals surface area contributed by atoms with Gasteiger partial charge in [0.2, 0.25) is 0 Å². The summed E-state index contributed by atoms with van der Waals surface area (Å²) in [5.74, 6) is 0.826. The van der Waals surface area contributed by atoms with E-state index in [9.17, 15) is 0 Å². The van der Waals surface area contributed by atoms with Crippen molar-refractivity contribution in [2.45, 2.75) is 38.4 Å². The first-order valence-electron chi connectivity index (χ1n) is 4.58. The normalized spacial score (nSPS) is 36.8. The Kier molecular flexibility index (Phi) is 2.14. The summed E-state index contributed by atoms with van der Waals surface area (Å²) in [6.07, 6.45) is 5.04. The largest absolute Gasteiger partial charge is 0.373 e. The van der Waals surface area contributed by atoms with E-state index in [0.29, 0.717) is 12.2 Å². The van der Waals surface area contributed by atoms with E-state index in [-0.39, 0.29) is 0 Å². The smallest absolute Gasteiger partial charge is 0.0812 e. The fourth-order valence-corrected chi connectivity index (χ4v) is 1.48. The van der Waals surface area contributed by atoms with Crippen molar-refractivity contribution in [2.24, 2.45) is 5.92 Å². The van der Waals surface area contributed by atoms with E-state index >= 15 is 0 Å². The van der Waals surface area contributed by atoms with Crippen LogP contribution in [0.3, 0.4) is 0 Å². The molecule has 0 bridgehead atoms. The average Bonchev–Trinajstić information content (AvgIpc) is 2.80. The summed E-state index contributed by atoms with van der Waals surface area (Å²) in [5, 5.41) is 0. The van der Waals surface area contributed by atoms with Crippen LogP contribution in [0.25, 0.3) is 0 Å². The molecule has 2 aliphatic rings. The van der Waals surface area contributed by atoms with Crippen LogP contribution in [0.1, 0.15) is 26.2 Å². The molecule has 0 aliphatic carbocycles. The predicted octanol–water partition coefficient (Wildman–Crippen LogP) is 1.59. The van der Waals surface area contributed by atoms with Gasteiger partial charge in [0.15, 0.2) is 0 Å². The first-order chi connectivity index (χ1) is 5.34. The molecule has 0 aromatic heterocycles. The van der Waals surface area contributed by atoms with E-state index in [1.807, 2.05) is 0 Å². The van der Waals surface area contributed by atoms with Crippen LogP contribution in [0.5, 0.6) is 0 Å². The number of hydrogen-bond donors (Lipinski definition) is 0. The fourth-order valence-electron chi connectivity index (χ4n) is 1.48. The molecule has 0 aromatic carbocycles. The number of epoxide rings is 2. The fraction of sp³-hybridized carbons (Fsp3) is 1.00. The average molecular weight is 156 g/mol. The van der Waals surface area contributed by atoms with Crippen molar-refractivity contribution in [3.8, 4) is 0 Å². The molecular formula is C9H16O2. The second-order valence-electron chi connectivity index (χ2n) is 3.83. The van der Waals surface area contributed by atoms with Crippen molar-refractivity contribution in [1.82, 2.24) is 0 Å². The van der Waals surface area contributed by atoms with Gasteiger partial charge in [0.05, 0.1) is 25.4 Å². The molecule has 3 atom stereocenters. The van der Waals surface area contributed by atoms with Gasteiger partial charge in [0.1, 0.15) is 0 Å². The van der Waals surface area contributed by atoms with E-state index in [1.165, 1.54) is 19.3 Å². The van der Waals surface area contributed by atoms with Crippen LogP contribution in [0.2, 0.25) is 0 Å². The molecule has 11 heavy (non-hydrogen) atoms. The zero-order chi connectivity index (χ0) is 7.68. The zero-order valence-corrected chi connectivity index (χ0v) is 7.08. The van der Waals surface area contributed by atoms with Gasteiger partial charge in [-0.3, -0.25) is 0 Å². The summed E-state index contributed by atoms with van der Waals surface area (Å²) in [7, 11) is 0. The molecule has 0 radical (unpaired) electrons. The van der Waals surface area contributed by atoms with Crippen LogP contribution in [0.4, 0.5) is 0 Å². The van der Waals surface area contributed by atoms with E-state index in [1.54, 1.807) is 0 Å². The Morgan fingerprint density at radius 1 is 1.27 bits per heavy atom. The predicted molar refractivity (Wildman–Crippen MR) is 42.5 cm³/mol. The number of hydrogen-bond acceptors (Lipinski definition) is 2. The second-order valence-corrected chi connectivity index (χ2v) is 3.83. The molecule has 2 heteroatoms. The molecule has 2 heterocycles. The van der Waals surface area contributed by atoms with Crippen molar-refractivity contribution < 1.29 is 9.47 Å². The lowest BCUT2D eigenvalue weighted by molar-refractivity contribution is 0.332. The summed E-state index contributed by atoms with van der Waals surface area (Å²) in [5.41, 5.74) is 0. The van der Waals surface area contributed by atoms with Crippen LogP contribution in [-0.4, -0.2) is 25.4 Å². The molecular weight excluding hydrogens is 140 g/mol. The lowest BCUT2D eigenvalue weighted by atomic mass is 9.99. The Labute approximate surface area is 67.9 Å². The molecule has 0 N–H and O–H groups in total. The number of ether oxygens (including phenoxy) is 2. The maximum Gasteiger partial charge on any atom is 0.0812 e. The van der Waals surface area contributed by atoms with Crippen molar-refractivity contribution in [1.29, 1.82) is 0 Å². The van der Waals surface area contributed by atoms with Crippen molar-refractivity contribution in [3.63, 3.8) is 0 Å². The molecule has 2 saturated heterocycles. The Morgan fingerprint density at radius 3 is 2.45 bits per heavy atom. The van der Waals surface area contributed by atoms with Gasteiger partial charge in [0, 0.05) is 0 Å². The molecule has 0 spiro atoms. The maximum atomic E-state index is 5.17. The molecule has 0 saturated carbocycles. The second kappa shape index (κ2) is 3.11. The third kappa shape index (κ3) is 2.80. The highest BCUT2D eigenvalue weighted by atomic mass is 16.6. The Hall–Kier alpha value is -0.0800. The van der Waals surface area contributed by atoms with Gasteiger partial charge in [-0.05, 0) is 25.2 Å². The summed E-state index contributed by atoms with van der Waals surface area (Å²) < 4.78 is 10.3. The van der Waals surface area contributed by atoms with Crippen LogP contribution < -0.4 is 0 Å². The lowest BCUT2D eigenvalue weighted by Gasteiger charge is -2.06. The Balaban J connectivity index is 1.52. The first-order valence-corrected chi connectivity index (χ1v) is 4.58. The molecule has 3 unspecified atom stereocenters. The summed E-state index contributed by atoms with van der Waals surface area (Å²) in [6.45, 7) is 4.32. The molecule has 2 nitrogen and oxygen atoms in total. The van der Waals surface area contributed by atoms with Crippen molar-refractivity contribution in [2.75, 3.05) is 13.2 Å². The molecule has 0 amide bonds. The summed E-state index contributed by atoms with van der Waals surface area (Å²) in [6, 6.07) is 0. The summed E-state index contributed by atoms with van der Waals surface area (Å²) in [4.78, 5) is 0. The highest BCUT2D eigenvalue weighted by Crippen LogP contribution is 2.25. The third-order valence-electron chi connectivity index (χ3n) is 2.45. The first kappa shape index (κ1) is 7.56. The SMILES string of the molecule is CC(CCC1CO1)CC1CO1. The van der Waals surface area contributed by atoms with Crippen LogP contribution in [0, 0.1) is 5.92 Å². The van der Waals surface area contributed by atoms with Crippen LogP contribution >= 0.6 is 0 Å². The Morgan fingerprint density at radius 2 is 1.91 bits per heavy atom. The third-order valence-corrected chi connectivity index (χ3v) is 2.45. The highest BCUT2D eigenvalue weighted by molar-refractivity contribution is 4.75. The Bertz CT molecular complexity index is 128. The van der Waals surface area contributed by atoms with E-state index in [2.05, 4.69) is 6.92 Å². The van der Waals surface area contributed by atoms with Gasteiger partial charge in [0.25, 0.3) is 0 Å². The molecule has 2 rings (SSSR count). The van der Waals surface area contributed by atoms with Gasteiger partial charge in [-0.15, -0.1) is 0 Å². The van der Waals surface area contributed by atoms with Crippen molar-refractivity contribution in [3.05, 3.63) is 0 Å². The minimum Gasteiger partial charge on any atom is -0.373 e. The molecule has 0 aromatic rings. The van der Waals surface area contributed by atoms with Gasteiger partial charge in [-0.2, -0.15) is 0 Å². The highest BCUT2D eigenvalue weighted by Gasteiger charge is 2.27. The minimum absolute atomic E-state index is 0.602. The van der Waals surface area contributed by atoms with Gasteiger partial charge in [-0.1, -0.05) is 6.92 Å². The molecule has 2 aliphatic heterocycles. The monoisotopic (exact) mass is 156 g/mol. The zero-order valence-electron chi connectivity index (χ0n) is 7.08. The van der Waals surface area contributed by atoms with Crippen LogP contribution in [-0.2, 0) is 9.47 Å². The van der Waals surface area contributed by atoms with E-state index < -0.39 is 0 Å². The summed E-state index contributed by atoms with van der Waals surface area (Å²) >= 11 is 0. The topological polar surface area (TPSA) is 25.1 Å². The lowest BCUT2D eigenvalue weighted by Crippen LogP contribution is -2.01. The van der Waals surface area contributed by atoms with Gasteiger partial charge >= 0.3 is 0 Å². The number of rotatable bonds is 5. The minimum atomic E-state index is 0.602. The molecule has 2 fully saturated rings. The van der Waals surface area contributed by atoms with E-state index in [0.717, 1.165) is 19.1 Å². The van der Waals surface area contributed by atoms with Crippen LogP contribution in [0.15, 0.2) is 0 Å². The van der Waals surface area contributed by atoms with E-state index in [4.69, 9.17) is 9.47 Å².